The van der Waals surface area contributed by atoms with Crippen LogP contribution in [0.4, 0.5) is 13.2 Å². The second kappa shape index (κ2) is 6.54. The van der Waals surface area contributed by atoms with Crippen LogP contribution >= 0.6 is 0 Å². The predicted molar refractivity (Wildman–Crippen MR) is 69.4 cm³/mol. The molecular weight excluding hydrogens is 267 g/mol. The molecule has 1 unspecified atom stereocenters. The molecule has 2 aromatic carbocycles. The molecule has 2 aromatic rings. The van der Waals surface area contributed by atoms with Gasteiger partial charge in [-0.2, -0.15) is 0 Å². The zero-order valence-electron chi connectivity index (χ0n) is 10.6. The Morgan fingerprint density at radius 2 is 1.60 bits per heavy atom. The summed E-state index contributed by atoms with van der Waals surface area (Å²) in [6.45, 7) is 0.354. The van der Waals surface area contributed by atoms with E-state index in [1.165, 1.54) is 36.4 Å². The zero-order chi connectivity index (χ0) is 14.5. The molecule has 2 rings (SSSR count). The lowest BCUT2D eigenvalue weighted by Crippen LogP contribution is -2.21. The molecule has 1 atom stereocenters. The molecule has 0 heterocycles. The minimum absolute atomic E-state index is 0.171. The first-order valence-corrected chi connectivity index (χ1v) is 6.14. The number of hydrogen-bond donors (Lipinski definition) is 2. The van der Waals surface area contributed by atoms with Gasteiger partial charge in [-0.15, -0.1) is 0 Å². The molecule has 2 N–H and O–H groups in total. The van der Waals surface area contributed by atoms with E-state index in [0.29, 0.717) is 11.1 Å². The van der Waals surface area contributed by atoms with Crippen molar-refractivity contribution in [1.29, 1.82) is 0 Å². The van der Waals surface area contributed by atoms with Crippen molar-refractivity contribution in [3.63, 3.8) is 0 Å². The molecular formula is C15H14F3NO. The number of hydrogen-bond acceptors (Lipinski definition) is 2. The average Bonchev–Trinajstić information content (AvgIpc) is 2.42. The van der Waals surface area contributed by atoms with E-state index in [1.54, 1.807) is 0 Å². The number of aliphatic hydroxyl groups excluding tert-OH is 1. The molecule has 5 heteroatoms. The Morgan fingerprint density at radius 1 is 0.950 bits per heavy atom. The van der Waals surface area contributed by atoms with Crippen molar-refractivity contribution in [2.45, 2.75) is 12.6 Å². The number of halogens is 3. The molecule has 0 amide bonds. The van der Waals surface area contributed by atoms with Gasteiger partial charge in [0.15, 0.2) is 0 Å². The van der Waals surface area contributed by atoms with Crippen molar-refractivity contribution >= 4 is 0 Å². The lowest BCUT2D eigenvalue weighted by atomic mass is 10.1. The lowest BCUT2D eigenvalue weighted by molar-refractivity contribution is 0.174. The van der Waals surface area contributed by atoms with Crippen molar-refractivity contribution in [2.75, 3.05) is 6.54 Å². The topological polar surface area (TPSA) is 32.3 Å². The highest BCUT2D eigenvalue weighted by Gasteiger charge is 2.08. The maximum Gasteiger partial charge on any atom is 0.130 e. The normalized spacial score (nSPS) is 12.4. The third-order valence-corrected chi connectivity index (χ3v) is 2.92. The molecule has 2 nitrogen and oxygen atoms in total. The summed E-state index contributed by atoms with van der Waals surface area (Å²) >= 11 is 0. The Kier molecular flexibility index (Phi) is 4.76. The summed E-state index contributed by atoms with van der Waals surface area (Å²) in [6, 6.07) is 8.84. The molecule has 0 aliphatic rings. The minimum Gasteiger partial charge on any atom is -0.387 e. The van der Waals surface area contributed by atoms with Crippen LogP contribution in [0.15, 0.2) is 42.5 Å². The van der Waals surface area contributed by atoms with E-state index < -0.39 is 17.7 Å². The van der Waals surface area contributed by atoms with Gasteiger partial charge in [0.1, 0.15) is 17.5 Å². The van der Waals surface area contributed by atoms with E-state index in [-0.39, 0.29) is 18.9 Å². The number of rotatable bonds is 5. The Balaban J connectivity index is 1.87. The van der Waals surface area contributed by atoms with Gasteiger partial charge in [-0.1, -0.05) is 18.2 Å². The Morgan fingerprint density at radius 3 is 2.25 bits per heavy atom. The Hall–Kier alpha value is -1.85. The predicted octanol–water partition coefficient (Wildman–Crippen LogP) is 2.93. The molecule has 0 fully saturated rings. The third-order valence-electron chi connectivity index (χ3n) is 2.92. The highest BCUT2D eigenvalue weighted by molar-refractivity contribution is 5.20. The third kappa shape index (κ3) is 3.82. The van der Waals surface area contributed by atoms with Gasteiger partial charge < -0.3 is 10.4 Å². The van der Waals surface area contributed by atoms with Crippen LogP contribution in [0.2, 0.25) is 0 Å². The van der Waals surface area contributed by atoms with Crippen LogP contribution in [0, 0.1) is 17.5 Å². The molecule has 0 aliphatic carbocycles. The van der Waals surface area contributed by atoms with Crippen molar-refractivity contribution in [3.05, 3.63) is 71.0 Å². The van der Waals surface area contributed by atoms with Crippen LogP contribution in [0.25, 0.3) is 0 Å². The molecule has 0 radical (unpaired) electrons. The van der Waals surface area contributed by atoms with E-state index in [0.717, 1.165) is 6.07 Å². The lowest BCUT2D eigenvalue weighted by Gasteiger charge is -2.12. The maximum atomic E-state index is 13.4. The van der Waals surface area contributed by atoms with Crippen LogP contribution in [0.1, 0.15) is 17.2 Å². The van der Waals surface area contributed by atoms with Gasteiger partial charge in [0, 0.05) is 24.7 Å². The monoisotopic (exact) mass is 281 g/mol. The molecule has 0 spiro atoms. The van der Waals surface area contributed by atoms with E-state index in [2.05, 4.69) is 5.32 Å². The summed E-state index contributed by atoms with van der Waals surface area (Å²) in [5, 5.41) is 12.7. The number of aliphatic hydroxyl groups is 1. The van der Waals surface area contributed by atoms with Crippen LogP contribution in [0.3, 0.4) is 0 Å². The first kappa shape index (κ1) is 14.6. The second-order valence-electron chi connectivity index (χ2n) is 4.43. The fourth-order valence-corrected chi connectivity index (χ4v) is 1.81. The average molecular weight is 281 g/mol. The van der Waals surface area contributed by atoms with E-state index in [1.807, 2.05) is 0 Å². The van der Waals surface area contributed by atoms with Gasteiger partial charge in [0.25, 0.3) is 0 Å². The fourth-order valence-electron chi connectivity index (χ4n) is 1.81. The maximum absolute atomic E-state index is 13.4. The van der Waals surface area contributed by atoms with Crippen LogP contribution in [-0.4, -0.2) is 11.7 Å². The van der Waals surface area contributed by atoms with Gasteiger partial charge in [0.2, 0.25) is 0 Å². The Labute approximate surface area is 114 Å². The first-order valence-electron chi connectivity index (χ1n) is 6.14. The van der Waals surface area contributed by atoms with Crippen LogP contribution in [-0.2, 0) is 6.54 Å². The summed E-state index contributed by atoms with van der Waals surface area (Å²) in [6.07, 6.45) is -0.820. The van der Waals surface area contributed by atoms with E-state index in [4.69, 9.17) is 0 Å². The summed E-state index contributed by atoms with van der Waals surface area (Å²) < 4.78 is 38.8. The first-order chi connectivity index (χ1) is 9.56. The van der Waals surface area contributed by atoms with Gasteiger partial charge in [-0.25, -0.2) is 13.2 Å². The van der Waals surface area contributed by atoms with Gasteiger partial charge in [-0.05, 0) is 23.8 Å². The zero-order valence-corrected chi connectivity index (χ0v) is 10.6. The summed E-state index contributed by atoms with van der Waals surface area (Å²) in [5.41, 5.74) is 0.885. The summed E-state index contributed by atoms with van der Waals surface area (Å²) in [5.74, 6) is -1.63. The second-order valence-corrected chi connectivity index (χ2v) is 4.43. The number of benzene rings is 2. The fraction of sp³-hybridized carbons (Fsp3) is 0.200. The quantitative estimate of drug-likeness (QED) is 0.883. The van der Waals surface area contributed by atoms with E-state index in [9.17, 15) is 18.3 Å². The van der Waals surface area contributed by atoms with Gasteiger partial charge in [-0.3, -0.25) is 0 Å². The van der Waals surface area contributed by atoms with Crippen LogP contribution in [0.5, 0.6) is 0 Å². The Bertz CT molecular complexity index is 572. The number of nitrogens with one attached hydrogen (secondary N) is 1. The highest BCUT2D eigenvalue weighted by atomic mass is 19.1. The van der Waals surface area contributed by atoms with Gasteiger partial charge in [0.05, 0.1) is 6.10 Å². The standard InChI is InChI=1S/C15H14F3NO/c16-12-4-1-10(2-5-12)15(20)9-19-8-11-3-6-13(17)7-14(11)18/h1-7,15,19-20H,8-9H2. The van der Waals surface area contributed by atoms with Gasteiger partial charge >= 0.3 is 0 Å². The smallest absolute Gasteiger partial charge is 0.130 e. The van der Waals surface area contributed by atoms with Crippen LogP contribution < -0.4 is 5.32 Å². The van der Waals surface area contributed by atoms with Crippen molar-refractivity contribution < 1.29 is 18.3 Å². The summed E-state index contributed by atoms with van der Waals surface area (Å²) in [4.78, 5) is 0. The van der Waals surface area contributed by atoms with Crippen molar-refractivity contribution in [3.8, 4) is 0 Å². The SMILES string of the molecule is OC(CNCc1ccc(F)cc1F)c1ccc(F)cc1. The van der Waals surface area contributed by atoms with E-state index >= 15 is 0 Å². The minimum atomic E-state index is -0.820. The molecule has 0 saturated carbocycles. The van der Waals surface area contributed by atoms with Crippen molar-refractivity contribution in [2.24, 2.45) is 0 Å². The molecule has 0 saturated heterocycles. The molecule has 20 heavy (non-hydrogen) atoms. The largest absolute Gasteiger partial charge is 0.387 e. The molecule has 106 valence electrons. The molecule has 0 bridgehead atoms. The van der Waals surface area contributed by atoms with Crippen molar-refractivity contribution in [1.82, 2.24) is 5.32 Å². The molecule has 0 aromatic heterocycles. The highest BCUT2D eigenvalue weighted by Crippen LogP contribution is 2.13. The molecule has 0 aliphatic heterocycles. The summed E-state index contributed by atoms with van der Waals surface area (Å²) in [7, 11) is 0.